The minimum atomic E-state index is -0.554. The van der Waals surface area contributed by atoms with E-state index in [9.17, 15) is 9.59 Å². The summed E-state index contributed by atoms with van der Waals surface area (Å²) < 4.78 is 7.60. The summed E-state index contributed by atoms with van der Waals surface area (Å²) in [6, 6.07) is 3.29. The molecule has 2 aromatic rings. The topological polar surface area (TPSA) is 89.3 Å². The maximum absolute atomic E-state index is 12.9. The fraction of sp³-hybridized carbons (Fsp3) is 0.444. The first-order valence-electron chi connectivity index (χ1n) is 8.77. The zero-order chi connectivity index (χ0) is 18.1. The van der Waals surface area contributed by atoms with Crippen LogP contribution >= 0.6 is 0 Å². The zero-order valence-electron chi connectivity index (χ0n) is 14.5. The fourth-order valence-corrected chi connectivity index (χ4v) is 3.19. The third kappa shape index (κ3) is 3.40. The van der Waals surface area contributed by atoms with Crippen LogP contribution in [0, 0.1) is 0 Å². The van der Waals surface area contributed by atoms with E-state index in [0.717, 1.165) is 12.8 Å². The summed E-state index contributed by atoms with van der Waals surface area (Å²) in [6.07, 6.45) is 8.77. The number of nitrogens with one attached hydrogen (secondary N) is 1. The Bertz CT molecular complexity index is 802. The van der Waals surface area contributed by atoms with E-state index in [1.807, 2.05) is 6.07 Å². The van der Waals surface area contributed by atoms with E-state index in [1.165, 1.54) is 0 Å². The molecule has 0 bridgehead atoms. The van der Waals surface area contributed by atoms with Gasteiger partial charge in [-0.25, -0.2) is 4.98 Å². The molecule has 1 saturated carbocycles. The highest BCUT2D eigenvalue weighted by Crippen LogP contribution is 2.26. The molecule has 0 unspecified atom stereocenters. The summed E-state index contributed by atoms with van der Waals surface area (Å²) in [5.41, 5.74) is 0. The van der Waals surface area contributed by atoms with Gasteiger partial charge < -0.3 is 19.5 Å². The Labute approximate surface area is 151 Å². The predicted octanol–water partition coefficient (Wildman–Crippen LogP) is 0.756. The van der Waals surface area contributed by atoms with Gasteiger partial charge in [0.05, 0.1) is 12.7 Å². The van der Waals surface area contributed by atoms with Crippen molar-refractivity contribution in [1.82, 2.24) is 24.8 Å². The smallest absolute Gasteiger partial charge is 0.290 e. The van der Waals surface area contributed by atoms with Gasteiger partial charge in [-0.05, 0) is 25.0 Å². The molecule has 0 spiro atoms. The summed E-state index contributed by atoms with van der Waals surface area (Å²) in [5.74, 6) is 0.569. The van der Waals surface area contributed by atoms with Crippen LogP contribution in [0.1, 0.15) is 29.9 Å². The number of amides is 2. The summed E-state index contributed by atoms with van der Waals surface area (Å²) >= 11 is 0. The highest BCUT2D eigenvalue weighted by molar-refractivity contribution is 5.95. The van der Waals surface area contributed by atoms with E-state index in [0.29, 0.717) is 24.5 Å². The average Bonchev–Trinajstić information content (AvgIpc) is 3.18. The van der Waals surface area contributed by atoms with E-state index in [4.69, 9.17) is 4.74 Å². The van der Waals surface area contributed by atoms with Crippen LogP contribution in [0.25, 0.3) is 0 Å². The van der Waals surface area contributed by atoms with Crippen molar-refractivity contribution in [2.45, 2.75) is 37.5 Å². The largest absolute Gasteiger partial charge is 0.487 e. The number of carbonyl (C=O) groups excluding carboxylic acids is 2. The Kier molecular flexibility index (Phi) is 4.32. The van der Waals surface area contributed by atoms with Gasteiger partial charge in [-0.2, -0.15) is 0 Å². The number of hydrogen-bond donors (Lipinski definition) is 1. The summed E-state index contributed by atoms with van der Waals surface area (Å²) in [5, 5.41) is 3.00. The number of hydrogen-bond acceptors (Lipinski definition) is 5. The maximum Gasteiger partial charge on any atom is 0.290 e. The molecule has 1 saturated heterocycles. The van der Waals surface area contributed by atoms with Crippen molar-refractivity contribution in [2.24, 2.45) is 7.05 Å². The minimum Gasteiger partial charge on any atom is -0.487 e. The molecule has 8 heteroatoms. The number of imidazole rings is 1. The quantitative estimate of drug-likeness (QED) is 0.855. The van der Waals surface area contributed by atoms with Crippen LogP contribution < -0.4 is 10.1 Å². The summed E-state index contributed by atoms with van der Waals surface area (Å²) in [6.45, 7) is 0.337. The summed E-state index contributed by atoms with van der Waals surface area (Å²) in [7, 11) is 1.76. The van der Waals surface area contributed by atoms with Gasteiger partial charge in [-0.3, -0.25) is 14.6 Å². The molecular formula is C18H21N5O3. The Hall–Kier alpha value is -2.90. The highest BCUT2D eigenvalue weighted by atomic mass is 16.5. The number of rotatable bonds is 5. The molecule has 1 N–H and O–H groups in total. The minimum absolute atomic E-state index is 0.118. The van der Waals surface area contributed by atoms with Crippen LogP contribution in [0.2, 0.25) is 0 Å². The monoisotopic (exact) mass is 355 g/mol. The van der Waals surface area contributed by atoms with Gasteiger partial charge in [0.2, 0.25) is 5.91 Å². The maximum atomic E-state index is 12.9. The molecule has 1 aliphatic carbocycles. The van der Waals surface area contributed by atoms with Gasteiger partial charge in [0.25, 0.3) is 5.91 Å². The third-order valence-electron chi connectivity index (χ3n) is 4.70. The van der Waals surface area contributed by atoms with Gasteiger partial charge in [0.15, 0.2) is 5.82 Å². The number of carbonyl (C=O) groups is 2. The van der Waals surface area contributed by atoms with Gasteiger partial charge in [-0.1, -0.05) is 0 Å². The van der Waals surface area contributed by atoms with Crippen LogP contribution in [0.5, 0.6) is 5.75 Å². The van der Waals surface area contributed by atoms with Gasteiger partial charge in [0, 0.05) is 38.1 Å². The van der Waals surface area contributed by atoms with Crippen molar-refractivity contribution < 1.29 is 14.3 Å². The molecule has 136 valence electrons. The lowest BCUT2D eigenvalue weighted by molar-refractivity contribution is -0.125. The Balaban J connectivity index is 1.53. The number of ether oxygens (including phenoxy) is 1. The number of likely N-dealkylation sites (tertiary alicyclic amines) is 1. The SMILES string of the molecule is Cn1ccnc1C(=O)N1C[C@@H](Oc2cccnc2)C[C@H]1C(=O)NC1CC1. The predicted molar refractivity (Wildman–Crippen MR) is 92.5 cm³/mol. The van der Waals surface area contributed by atoms with Crippen molar-refractivity contribution in [2.75, 3.05) is 6.54 Å². The number of aromatic nitrogens is 3. The van der Waals surface area contributed by atoms with Crippen molar-refractivity contribution in [3.8, 4) is 5.75 Å². The van der Waals surface area contributed by atoms with Crippen molar-refractivity contribution in [3.05, 3.63) is 42.7 Å². The van der Waals surface area contributed by atoms with E-state index < -0.39 is 6.04 Å². The molecule has 2 amide bonds. The fourth-order valence-electron chi connectivity index (χ4n) is 3.19. The molecule has 2 fully saturated rings. The molecule has 8 nitrogen and oxygen atoms in total. The molecule has 4 rings (SSSR count). The van der Waals surface area contributed by atoms with E-state index in [2.05, 4.69) is 15.3 Å². The molecule has 1 aliphatic heterocycles. The van der Waals surface area contributed by atoms with Crippen molar-refractivity contribution in [3.63, 3.8) is 0 Å². The van der Waals surface area contributed by atoms with Crippen LogP contribution in [0.4, 0.5) is 0 Å². The lowest BCUT2D eigenvalue weighted by Gasteiger charge is -2.23. The molecule has 26 heavy (non-hydrogen) atoms. The van der Waals surface area contributed by atoms with Crippen LogP contribution in [-0.4, -0.2) is 56.0 Å². The third-order valence-corrected chi connectivity index (χ3v) is 4.70. The lowest BCUT2D eigenvalue weighted by Crippen LogP contribution is -2.47. The number of nitrogens with zero attached hydrogens (tertiary/aromatic N) is 4. The van der Waals surface area contributed by atoms with E-state index in [-0.39, 0.29) is 24.0 Å². The van der Waals surface area contributed by atoms with Gasteiger partial charge in [-0.15, -0.1) is 0 Å². The average molecular weight is 355 g/mol. The van der Waals surface area contributed by atoms with Gasteiger partial charge in [0.1, 0.15) is 17.9 Å². The number of aryl methyl sites for hydroxylation is 1. The molecule has 2 aliphatic rings. The highest BCUT2D eigenvalue weighted by Gasteiger charge is 2.43. The lowest BCUT2D eigenvalue weighted by atomic mass is 10.2. The van der Waals surface area contributed by atoms with Crippen LogP contribution in [0.15, 0.2) is 36.9 Å². The molecule has 2 aromatic heterocycles. The molecule has 2 atom stereocenters. The first kappa shape index (κ1) is 16.6. The zero-order valence-corrected chi connectivity index (χ0v) is 14.5. The van der Waals surface area contributed by atoms with Crippen LogP contribution in [-0.2, 0) is 11.8 Å². The van der Waals surface area contributed by atoms with Crippen LogP contribution in [0.3, 0.4) is 0 Å². The van der Waals surface area contributed by atoms with Crippen molar-refractivity contribution >= 4 is 11.8 Å². The van der Waals surface area contributed by atoms with Crippen molar-refractivity contribution in [1.29, 1.82) is 0 Å². The molecule has 3 heterocycles. The standard InChI is InChI=1S/C18H21N5O3/c1-22-8-7-20-16(22)18(25)23-11-14(26-13-3-2-6-19-10-13)9-15(23)17(24)21-12-4-5-12/h2-3,6-8,10,12,14-15H,4-5,9,11H2,1H3,(H,21,24)/t14-,15-/m0/s1. The molecule has 0 radical (unpaired) electrons. The normalized spacial score (nSPS) is 22.3. The Morgan fingerprint density at radius 1 is 1.31 bits per heavy atom. The molecule has 0 aromatic carbocycles. The second kappa shape index (κ2) is 6.78. The van der Waals surface area contributed by atoms with E-state index in [1.54, 1.807) is 47.4 Å². The van der Waals surface area contributed by atoms with E-state index >= 15 is 0 Å². The Morgan fingerprint density at radius 2 is 2.15 bits per heavy atom. The Morgan fingerprint density at radius 3 is 2.81 bits per heavy atom. The summed E-state index contributed by atoms with van der Waals surface area (Å²) in [4.78, 5) is 35.3. The first-order chi connectivity index (χ1) is 12.6. The second-order valence-corrected chi connectivity index (χ2v) is 6.78. The van der Waals surface area contributed by atoms with Gasteiger partial charge >= 0.3 is 0 Å². The second-order valence-electron chi connectivity index (χ2n) is 6.78. The number of pyridine rings is 1. The molecular weight excluding hydrogens is 334 g/mol. The first-order valence-corrected chi connectivity index (χ1v) is 8.77.